The van der Waals surface area contributed by atoms with Crippen molar-refractivity contribution in [2.45, 2.75) is 153 Å². The first-order chi connectivity index (χ1) is 29.6. The van der Waals surface area contributed by atoms with Gasteiger partial charge in [0.2, 0.25) is 0 Å². The summed E-state index contributed by atoms with van der Waals surface area (Å²) in [7, 11) is 0. The van der Waals surface area contributed by atoms with Crippen molar-refractivity contribution in [2.24, 2.45) is 0 Å². The molecule has 2 atom stereocenters. The fourth-order valence-electron chi connectivity index (χ4n) is 8.16. The minimum Gasteiger partial charge on any atom is -0.333 e. The van der Waals surface area contributed by atoms with E-state index in [0.717, 1.165) is 50.2 Å². The molecule has 0 amide bonds. The maximum Gasteiger partial charge on any atom is 0.440 e. The number of aliphatic hydroxyl groups is 1. The summed E-state index contributed by atoms with van der Waals surface area (Å²) in [6.07, 6.45) is -11.5. The molecule has 4 aromatic rings. The van der Waals surface area contributed by atoms with Crippen molar-refractivity contribution in [3.05, 3.63) is 129 Å². The summed E-state index contributed by atoms with van der Waals surface area (Å²) >= 11 is 1.07. The van der Waals surface area contributed by atoms with Gasteiger partial charge in [-0.2, -0.15) is 35.1 Å². The van der Waals surface area contributed by atoms with Crippen LogP contribution in [0.1, 0.15) is 139 Å². The van der Waals surface area contributed by atoms with E-state index in [1.54, 1.807) is 0 Å². The Morgan fingerprint density at radius 2 is 0.831 bits per heavy atom. The Labute approximate surface area is 382 Å². The van der Waals surface area contributed by atoms with Crippen molar-refractivity contribution < 1.29 is 77.2 Å². The molecular weight excluding hydrogens is 906 g/mol. The first-order valence-corrected chi connectivity index (χ1v) is 22.2. The number of phenolic OH excluding ortho intramolecular Hbond substituents is 2. The van der Waals surface area contributed by atoms with Crippen LogP contribution in [0.15, 0.2) is 84.9 Å². The molecule has 0 unspecified atom stereocenters. The maximum atomic E-state index is 12.1. The molecule has 2 fully saturated rings. The first kappa shape index (κ1) is 51.6. The molecule has 1 aliphatic heterocycles. The molecule has 3 N–H and O–H groups in total. The summed E-state index contributed by atoms with van der Waals surface area (Å²) in [4.78, 5) is 0. The number of halogens is 9. The summed E-state index contributed by atoms with van der Waals surface area (Å²) in [5.41, 5.74) is 0.491. The molecule has 1 heterocycles. The Bertz CT molecular complexity index is 2210. The second kappa shape index (κ2) is 18.0. The van der Waals surface area contributed by atoms with E-state index in [0.29, 0.717) is 23.6 Å². The second-order valence-electron chi connectivity index (χ2n) is 20.0. The van der Waals surface area contributed by atoms with Crippen LogP contribution >= 0.6 is 0 Å². The van der Waals surface area contributed by atoms with Gasteiger partial charge in [-0.25, -0.2) is 4.39 Å². The van der Waals surface area contributed by atoms with E-state index < -0.39 is 24.1 Å². The van der Waals surface area contributed by atoms with Crippen molar-refractivity contribution in [3.8, 4) is 11.5 Å². The molecule has 4 aromatic carbocycles. The molecule has 0 spiro atoms. The standard InChI is InChI=1S/C46H58N2O2.C4HF9O.Co/c1-43(2,3)35-25-31(41(49)37(27-35)45(7,8)33-19-13-11-14-20-33)29-47-39-23-17-18-24-40(39)48-30-32-26-36(44(4,5)6)28-38(42(32)50)46(9,10)34-21-15-12-16-22-34;5-1(2(6,7)8,3(9,10)11)4(12,13)14;/h11-16,19-22,25-30,39-40,49-50H,17-18,23-24H2,1-10H3;14H;/q;;+2/t39-,40-;;/m1../s1. The van der Waals surface area contributed by atoms with Gasteiger partial charge in [-0.1, -0.05) is 0 Å². The third kappa shape index (κ3) is 10.5. The number of hydrogen-bond acceptors (Lipinski definition) is 3. The zero-order chi connectivity index (χ0) is 48.9. The van der Waals surface area contributed by atoms with Crippen LogP contribution in [0.3, 0.4) is 0 Å². The maximum absolute atomic E-state index is 12.1. The fourth-order valence-corrected chi connectivity index (χ4v) is 9.79. The molecule has 6 rings (SSSR count). The van der Waals surface area contributed by atoms with Crippen LogP contribution < -0.4 is 0 Å². The van der Waals surface area contributed by atoms with Crippen LogP contribution in [0.4, 0.5) is 39.5 Å². The molecule has 5 nitrogen and oxygen atoms in total. The predicted molar refractivity (Wildman–Crippen MR) is 231 cm³/mol. The van der Waals surface area contributed by atoms with Crippen molar-refractivity contribution in [1.82, 2.24) is 0 Å². The van der Waals surface area contributed by atoms with Gasteiger partial charge in [-0.3, -0.25) is 0 Å². The second-order valence-corrected chi connectivity index (χ2v) is 21.3. The van der Waals surface area contributed by atoms with E-state index in [9.17, 15) is 49.7 Å². The zero-order valence-corrected chi connectivity index (χ0v) is 39.2. The molecule has 1 saturated carbocycles. The van der Waals surface area contributed by atoms with Crippen LogP contribution in [0, 0.1) is 0 Å². The molecule has 2 aliphatic rings. The topological polar surface area (TPSA) is 66.7 Å². The first-order valence-electron chi connectivity index (χ1n) is 21.3. The number of aromatic hydroxyl groups is 2. The zero-order valence-electron chi connectivity index (χ0n) is 38.2. The van der Waals surface area contributed by atoms with Crippen molar-refractivity contribution >= 4 is 12.4 Å². The smallest absolute Gasteiger partial charge is 0.333 e. The molecule has 0 aromatic heterocycles. The van der Waals surface area contributed by atoms with Gasteiger partial charge in [0.15, 0.2) is 0 Å². The SMILES string of the molecule is CC(C)(C)c1cc(C=[N+]2[Co][N+](=Cc3cc(C(C)(C)C)cc(C(C)(C)c4ccccc4)c3O)[C@@H]3CCCC[C@H]32)c(O)c(C(C)(C)c2ccccc2)c1.OC(F)(F)C(F)(C(F)(F)F)C(F)(F)F. The van der Waals surface area contributed by atoms with Gasteiger partial charge in [0.05, 0.1) is 0 Å². The summed E-state index contributed by atoms with van der Waals surface area (Å²) in [6, 6.07) is 30.4. The van der Waals surface area contributed by atoms with Crippen LogP contribution in [0.25, 0.3) is 0 Å². The van der Waals surface area contributed by atoms with Gasteiger partial charge in [0.1, 0.15) is 0 Å². The number of nitrogens with zero attached hydrogens (tertiary/aromatic N) is 2. The van der Waals surface area contributed by atoms with E-state index in [1.165, 1.54) is 35.1 Å². The number of benzene rings is 4. The number of hydrogen-bond donors (Lipinski definition) is 3. The van der Waals surface area contributed by atoms with Gasteiger partial charge < -0.3 is 5.11 Å². The normalized spacial score (nSPS) is 19.4. The molecular formula is C50H59CoF9N2O3+2. The van der Waals surface area contributed by atoms with Gasteiger partial charge in [-0.05, 0) is 0 Å². The van der Waals surface area contributed by atoms with E-state index in [-0.39, 0.29) is 21.7 Å². The quantitative estimate of drug-likeness (QED) is 0.162. The minimum atomic E-state index is -6.97. The molecule has 1 saturated heterocycles. The van der Waals surface area contributed by atoms with Gasteiger partial charge in [0.25, 0.3) is 0 Å². The summed E-state index contributed by atoms with van der Waals surface area (Å²) < 4.78 is 108. The number of alkyl halides is 9. The van der Waals surface area contributed by atoms with Gasteiger partial charge >= 0.3 is 339 Å². The average molecular weight is 966 g/mol. The van der Waals surface area contributed by atoms with Crippen LogP contribution in [0.5, 0.6) is 11.5 Å². The number of fused-ring (bicyclic) bond motifs is 1. The molecule has 15 heteroatoms. The van der Waals surface area contributed by atoms with E-state index in [4.69, 9.17) is 5.11 Å². The van der Waals surface area contributed by atoms with E-state index in [2.05, 4.69) is 162 Å². The predicted octanol–water partition coefficient (Wildman–Crippen LogP) is 12.5. The molecule has 0 radical (unpaired) electrons. The fraction of sp³-hybridized carbons (Fsp3) is 0.480. The summed E-state index contributed by atoms with van der Waals surface area (Å²) in [6.45, 7) is 22.3. The van der Waals surface area contributed by atoms with Crippen LogP contribution in [-0.4, -0.2) is 71.2 Å². The Balaban J connectivity index is 0.000000489. The largest absolute Gasteiger partial charge is 0.440 e. The van der Waals surface area contributed by atoms with Crippen LogP contribution in [-0.2, 0) is 36.8 Å². The van der Waals surface area contributed by atoms with E-state index in [1.807, 2.05) is 12.1 Å². The summed E-state index contributed by atoms with van der Waals surface area (Å²) in [5.74, 6) is 0.703. The average Bonchev–Trinajstić information content (AvgIpc) is 3.54. The molecule has 1 aliphatic carbocycles. The summed E-state index contributed by atoms with van der Waals surface area (Å²) in [5, 5.41) is 31.4. The minimum absolute atomic E-state index is 0.0890. The third-order valence-corrected chi connectivity index (χ3v) is 13.9. The monoisotopic (exact) mass is 965 g/mol. The van der Waals surface area contributed by atoms with Crippen LogP contribution in [0.2, 0.25) is 0 Å². The van der Waals surface area contributed by atoms with E-state index >= 15 is 0 Å². The molecule has 65 heavy (non-hydrogen) atoms. The molecule has 0 bridgehead atoms. The van der Waals surface area contributed by atoms with Crippen molar-refractivity contribution in [3.63, 3.8) is 0 Å². The Morgan fingerprint density at radius 1 is 0.508 bits per heavy atom. The third-order valence-electron chi connectivity index (χ3n) is 12.5. The number of phenols is 2. The molecule has 357 valence electrons. The van der Waals surface area contributed by atoms with Gasteiger partial charge in [-0.15, -0.1) is 0 Å². The van der Waals surface area contributed by atoms with Gasteiger partial charge in [0, 0.05) is 0 Å². The number of rotatable bonds is 7. The Hall–Kier alpha value is -4.34. The van der Waals surface area contributed by atoms with Crippen molar-refractivity contribution in [1.29, 1.82) is 0 Å². The Kier molecular flexibility index (Phi) is 14.3. The van der Waals surface area contributed by atoms with Crippen molar-refractivity contribution in [2.75, 3.05) is 0 Å². The Morgan fingerprint density at radius 3 is 1.09 bits per heavy atom.